The first-order valence-corrected chi connectivity index (χ1v) is 17.3. The minimum atomic E-state index is -0.664. The van der Waals surface area contributed by atoms with Gasteiger partial charge in [0.05, 0.1) is 0 Å². The molecule has 5 heteroatoms. The Hall–Kier alpha value is -1.05. The molecule has 0 amide bonds. The van der Waals surface area contributed by atoms with Crippen molar-refractivity contribution in [1.29, 1.82) is 0 Å². The van der Waals surface area contributed by atoms with Crippen LogP contribution in [0.25, 0.3) is 0 Å². The molecule has 242 valence electrons. The predicted octanol–water partition coefficient (Wildman–Crippen LogP) is 12.2. The van der Waals surface area contributed by atoms with E-state index in [0.29, 0.717) is 12.8 Å². The zero-order valence-electron chi connectivity index (χ0n) is 27.2. The molecule has 0 rings (SSSR count). The van der Waals surface area contributed by atoms with Gasteiger partial charge in [0.25, 0.3) is 0 Å². The van der Waals surface area contributed by atoms with E-state index in [4.69, 9.17) is 10.2 Å². The molecule has 0 aromatic rings. The summed E-state index contributed by atoms with van der Waals surface area (Å²) < 4.78 is 0. The van der Waals surface area contributed by atoms with Crippen LogP contribution >= 0.6 is 0 Å². The molecule has 2 N–H and O–H groups in total. The topological polar surface area (TPSA) is 74.6 Å². The third-order valence-electron chi connectivity index (χ3n) is 7.30. The fourth-order valence-corrected chi connectivity index (χ4v) is 4.69. The maximum Gasteiger partial charge on any atom is 0.303 e. The molecule has 0 saturated heterocycles. The van der Waals surface area contributed by atoms with Crippen LogP contribution in [0.15, 0.2) is 24.3 Å². The van der Waals surface area contributed by atoms with Crippen molar-refractivity contribution in [3.8, 4) is 0 Å². The second-order valence-electron chi connectivity index (χ2n) is 11.5. The van der Waals surface area contributed by atoms with Crippen LogP contribution in [0, 0.1) is 0 Å². The number of carboxylic acid groups (broad SMARTS) is 2. The van der Waals surface area contributed by atoms with Gasteiger partial charge in [-0.3, -0.25) is 9.59 Å². The molecule has 0 aromatic carbocycles. The Bertz CT molecular complexity index is 524. The Kier molecular flexibility index (Phi) is 44.5. The summed E-state index contributed by atoms with van der Waals surface area (Å²) in [5, 5.41) is 17.0. The smallest absolute Gasteiger partial charge is 0.303 e. The molecule has 41 heavy (non-hydrogen) atoms. The standard InChI is InChI=1S/2C18H34O2.Cr/c2*1-2-3-4-5-6-7-8-9-10-11-12-13-14-15-16-17-18(19)20;/h2*9-10H,2-8,11-17H2,1H3,(H,19,20);/b2*10-9-;. The molecule has 0 radical (unpaired) electrons. The maximum absolute atomic E-state index is 10.3. The van der Waals surface area contributed by atoms with Crippen molar-refractivity contribution >= 4 is 11.9 Å². The monoisotopic (exact) mass is 616 g/mol. The van der Waals surface area contributed by atoms with Crippen LogP contribution in [0.2, 0.25) is 0 Å². The van der Waals surface area contributed by atoms with Gasteiger partial charge in [0.2, 0.25) is 0 Å². The van der Waals surface area contributed by atoms with E-state index in [1.807, 2.05) is 0 Å². The van der Waals surface area contributed by atoms with Crippen molar-refractivity contribution in [3.63, 3.8) is 0 Å². The van der Waals surface area contributed by atoms with E-state index < -0.39 is 11.9 Å². The number of aliphatic carboxylic acids is 2. The average molecular weight is 617 g/mol. The van der Waals surface area contributed by atoms with Crippen molar-refractivity contribution in [2.24, 2.45) is 0 Å². The fraction of sp³-hybridized carbons (Fsp3) is 0.833. The number of hydrogen-bond acceptors (Lipinski definition) is 2. The molecule has 0 atom stereocenters. The molecule has 0 heterocycles. The summed E-state index contributed by atoms with van der Waals surface area (Å²) in [4.78, 5) is 20.6. The maximum atomic E-state index is 10.3. The first kappa shape index (κ1) is 44.4. The van der Waals surface area contributed by atoms with Crippen molar-refractivity contribution < 1.29 is 37.2 Å². The Morgan fingerprint density at radius 2 is 0.610 bits per heavy atom. The normalized spacial score (nSPS) is 11.0. The number of allylic oxidation sites excluding steroid dienone is 4. The second-order valence-corrected chi connectivity index (χ2v) is 11.5. The van der Waals surface area contributed by atoms with Gasteiger partial charge in [-0.05, 0) is 64.2 Å². The van der Waals surface area contributed by atoms with Crippen LogP contribution in [-0.2, 0) is 27.0 Å². The molecule has 0 aliphatic carbocycles. The minimum Gasteiger partial charge on any atom is -0.481 e. The van der Waals surface area contributed by atoms with E-state index in [9.17, 15) is 9.59 Å². The summed E-state index contributed by atoms with van der Waals surface area (Å²) in [6, 6.07) is 0. The van der Waals surface area contributed by atoms with E-state index >= 15 is 0 Å². The molecule has 0 fully saturated rings. The average Bonchev–Trinajstić information content (AvgIpc) is 2.93. The van der Waals surface area contributed by atoms with E-state index in [-0.39, 0.29) is 17.4 Å². The molecule has 0 aliphatic heterocycles. The van der Waals surface area contributed by atoms with Gasteiger partial charge < -0.3 is 10.2 Å². The number of rotatable bonds is 30. The third kappa shape index (κ3) is 49.0. The van der Waals surface area contributed by atoms with Crippen LogP contribution < -0.4 is 0 Å². The summed E-state index contributed by atoms with van der Waals surface area (Å²) in [6.07, 6.45) is 42.5. The van der Waals surface area contributed by atoms with Gasteiger partial charge in [-0.2, -0.15) is 0 Å². The molecular formula is C36H68CrO4. The zero-order valence-corrected chi connectivity index (χ0v) is 28.5. The molecule has 0 aromatic heterocycles. The largest absolute Gasteiger partial charge is 0.481 e. The third-order valence-corrected chi connectivity index (χ3v) is 7.30. The molecule has 0 aliphatic rings. The summed E-state index contributed by atoms with van der Waals surface area (Å²) in [6.45, 7) is 4.52. The quantitative estimate of drug-likeness (QED) is 0.0622. The molecule has 0 unspecified atom stereocenters. The van der Waals surface area contributed by atoms with Gasteiger partial charge in [-0.25, -0.2) is 0 Å². The minimum absolute atomic E-state index is 0. The van der Waals surface area contributed by atoms with Crippen LogP contribution in [0.5, 0.6) is 0 Å². The van der Waals surface area contributed by atoms with E-state index in [1.54, 1.807) is 0 Å². The van der Waals surface area contributed by atoms with Gasteiger partial charge in [-0.15, -0.1) is 0 Å². The van der Waals surface area contributed by atoms with Crippen LogP contribution in [0.1, 0.15) is 194 Å². The SMILES string of the molecule is CCCCCCCC/C=C\CCCCCCCC(=O)O.CCCCCCCC/C=C\CCCCCCCC(=O)O.[Cr]. The Morgan fingerprint density at radius 3 is 0.854 bits per heavy atom. The van der Waals surface area contributed by atoms with E-state index in [0.717, 1.165) is 25.7 Å². The molecule has 0 saturated carbocycles. The van der Waals surface area contributed by atoms with E-state index in [1.165, 1.54) is 141 Å². The van der Waals surface area contributed by atoms with Gasteiger partial charge >= 0.3 is 11.9 Å². The molecular weight excluding hydrogens is 548 g/mol. The van der Waals surface area contributed by atoms with E-state index in [2.05, 4.69) is 38.2 Å². The van der Waals surface area contributed by atoms with Crippen molar-refractivity contribution in [2.45, 2.75) is 194 Å². The second kappa shape index (κ2) is 41.1. The Balaban J connectivity index is -0.000000688. The van der Waals surface area contributed by atoms with Crippen LogP contribution in [0.3, 0.4) is 0 Å². The number of carboxylic acids is 2. The molecule has 0 bridgehead atoms. The van der Waals surface area contributed by atoms with Gasteiger partial charge in [0.1, 0.15) is 0 Å². The Morgan fingerprint density at radius 1 is 0.390 bits per heavy atom. The summed E-state index contributed by atoms with van der Waals surface area (Å²) in [5.74, 6) is -1.33. The van der Waals surface area contributed by atoms with Gasteiger partial charge in [0.15, 0.2) is 0 Å². The van der Waals surface area contributed by atoms with Gasteiger partial charge in [0, 0.05) is 30.2 Å². The fourth-order valence-electron chi connectivity index (χ4n) is 4.69. The summed E-state index contributed by atoms with van der Waals surface area (Å²) in [5.41, 5.74) is 0. The van der Waals surface area contributed by atoms with Crippen molar-refractivity contribution in [3.05, 3.63) is 24.3 Å². The predicted molar refractivity (Wildman–Crippen MR) is 174 cm³/mol. The van der Waals surface area contributed by atoms with Crippen LogP contribution in [0.4, 0.5) is 0 Å². The Labute approximate surface area is 266 Å². The first-order valence-electron chi connectivity index (χ1n) is 17.3. The summed E-state index contributed by atoms with van der Waals surface area (Å²) >= 11 is 0. The number of carbonyl (C=O) groups is 2. The van der Waals surface area contributed by atoms with Crippen LogP contribution in [-0.4, -0.2) is 22.2 Å². The first-order chi connectivity index (χ1) is 19.5. The summed E-state index contributed by atoms with van der Waals surface area (Å²) in [7, 11) is 0. The number of hydrogen-bond donors (Lipinski definition) is 2. The molecule has 0 spiro atoms. The molecule has 4 nitrogen and oxygen atoms in total. The zero-order chi connectivity index (χ0) is 29.8. The van der Waals surface area contributed by atoms with Gasteiger partial charge in [-0.1, -0.05) is 141 Å². The van der Waals surface area contributed by atoms with Crippen molar-refractivity contribution in [1.82, 2.24) is 0 Å². The number of unbranched alkanes of at least 4 members (excludes halogenated alkanes) is 22. The van der Waals surface area contributed by atoms with Crippen molar-refractivity contribution in [2.75, 3.05) is 0 Å².